The zero-order chi connectivity index (χ0) is 14.9. The summed E-state index contributed by atoms with van der Waals surface area (Å²) >= 11 is 0. The van der Waals surface area contributed by atoms with Crippen LogP contribution in [0.2, 0.25) is 0 Å². The number of benzene rings is 1. The first-order chi connectivity index (χ1) is 10.3. The Balaban J connectivity index is 1.79. The lowest BCUT2D eigenvalue weighted by atomic mass is 9.78. The number of rotatable bonds is 7. The first-order valence-electron chi connectivity index (χ1n) is 8.63. The molecular weight excluding hydrogens is 256 g/mol. The van der Waals surface area contributed by atoms with E-state index in [1.54, 1.807) is 0 Å². The van der Waals surface area contributed by atoms with E-state index in [2.05, 4.69) is 50.3 Å². The summed E-state index contributed by atoms with van der Waals surface area (Å²) in [6.07, 6.45) is 12.3. The molecule has 1 aromatic carbocycles. The summed E-state index contributed by atoms with van der Waals surface area (Å²) in [7, 11) is 0. The molecule has 2 rings (SSSR count). The van der Waals surface area contributed by atoms with Gasteiger partial charge < -0.3 is 4.74 Å². The van der Waals surface area contributed by atoms with E-state index in [4.69, 9.17) is 4.74 Å². The Hall–Kier alpha value is -1.08. The maximum absolute atomic E-state index is 5.68. The van der Waals surface area contributed by atoms with E-state index < -0.39 is 0 Å². The molecule has 0 bridgehead atoms. The molecule has 21 heavy (non-hydrogen) atoms. The lowest BCUT2D eigenvalue weighted by Crippen LogP contribution is -2.11. The second-order valence-electron chi connectivity index (χ2n) is 6.29. The number of hydrogen-bond donors (Lipinski definition) is 0. The molecule has 1 saturated carbocycles. The van der Waals surface area contributed by atoms with Crippen LogP contribution in [0.25, 0.3) is 0 Å². The maximum atomic E-state index is 5.68. The van der Waals surface area contributed by atoms with Crippen LogP contribution in [0.15, 0.2) is 36.4 Å². The highest BCUT2D eigenvalue weighted by molar-refractivity contribution is 5.25. The first kappa shape index (κ1) is 16.3. The Morgan fingerprint density at radius 3 is 2.43 bits per heavy atom. The van der Waals surface area contributed by atoms with Gasteiger partial charge in [0, 0.05) is 6.61 Å². The van der Waals surface area contributed by atoms with Crippen molar-refractivity contribution in [2.75, 3.05) is 6.61 Å². The van der Waals surface area contributed by atoms with Crippen LogP contribution in [0.1, 0.15) is 69.4 Å². The smallest absolute Gasteiger partial charge is 0.0716 e. The summed E-state index contributed by atoms with van der Waals surface area (Å²) in [5, 5.41) is 0. The van der Waals surface area contributed by atoms with E-state index in [-0.39, 0.29) is 0 Å². The maximum Gasteiger partial charge on any atom is 0.0716 e. The predicted octanol–water partition coefficient (Wildman–Crippen LogP) is 5.85. The van der Waals surface area contributed by atoms with Crippen LogP contribution in [0, 0.1) is 5.92 Å². The van der Waals surface area contributed by atoms with E-state index in [0.717, 1.165) is 31.5 Å². The van der Waals surface area contributed by atoms with Gasteiger partial charge in [-0.15, -0.1) is 0 Å². The zero-order valence-corrected chi connectivity index (χ0v) is 13.7. The largest absolute Gasteiger partial charge is 0.377 e. The highest BCUT2D eigenvalue weighted by atomic mass is 16.5. The third-order valence-electron chi connectivity index (χ3n) is 4.60. The van der Waals surface area contributed by atoms with Gasteiger partial charge >= 0.3 is 0 Å². The normalized spacial score (nSPS) is 22.8. The molecule has 0 amide bonds. The third-order valence-corrected chi connectivity index (χ3v) is 4.60. The van der Waals surface area contributed by atoms with Crippen LogP contribution in [0.5, 0.6) is 0 Å². The van der Waals surface area contributed by atoms with E-state index in [0.29, 0.717) is 0 Å². The molecule has 0 aromatic heterocycles. The molecule has 0 N–H and O–H groups in total. The van der Waals surface area contributed by atoms with E-state index in [1.807, 2.05) is 0 Å². The van der Waals surface area contributed by atoms with Crippen molar-refractivity contribution in [2.24, 2.45) is 5.92 Å². The van der Waals surface area contributed by atoms with Crippen LogP contribution in [0.4, 0.5) is 0 Å². The Morgan fingerprint density at radius 1 is 1.10 bits per heavy atom. The molecular formula is C20H30O. The van der Waals surface area contributed by atoms with Gasteiger partial charge in [-0.25, -0.2) is 0 Å². The monoisotopic (exact) mass is 286 g/mol. The average Bonchev–Trinajstić information content (AvgIpc) is 2.53. The Labute approximate surface area is 130 Å². The number of unbranched alkanes of at least 4 members (excludes halogenated alkanes) is 1. The van der Waals surface area contributed by atoms with E-state index in [1.165, 1.54) is 43.2 Å². The van der Waals surface area contributed by atoms with Gasteiger partial charge in [-0.2, -0.15) is 0 Å². The van der Waals surface area contributed by atoms with Gasteiger partial charge in [0.15, 0.2) is 0 Å². The Morgan fingerprint density at radius 2 is 1.81 bits per heavy atom. The van der Waals surface area contributed by atoms with Crippen molar-refractivity contribution < 1.29 is 4.74 Å². The fourth-order valence-corrected chi connectivity index (χ4v) is 3.24. The fraction of sp³-hybridized carbons (Fsp3) is 0.600. The number of ether oxygens (including phenoxy) is 1. The van der Waals surface area contributed by atoms with Crippen molar-refractivity contribution in [2.45, 2.75) is 64.9 Å². The highest BCUT2D eigenvalue weighted by Gasteiger charge is 2.20. The van der Waals surface area contributed by atoms with E-state index >= 15 is 0 Å². The van der Waals surface area contributed by atoms with E-state index in [9.17, 15) is 0 Å². The molecule has 0 saturated heterocycles. The molecule has 116 valence electrons. The van der Waals surface area contributed by atoms with Crippen LogP contribution in [-0.4, -0.2) is 6.61 Å². The van der Waals surface area contributed by atoms with Crippen LogP contribution < -0.4 is 0 Å². The van der Waals surface area contributed by atoms with Crippen LogP contribution in [-0.2, 0) is 11.3 Å². The molecule has 1 aromatic rings. The van der Waals surface area contributed by atoms with Crippen molar-refractivity contribution in [1.82, 2.24) is 0 Å². The van der Waals surface area contributed by atoms with Gasteiger partial charge in [0.05, 0.1) is 6.61 Å². The second kappa shape index (κ2) is 9.04. The number of allylic oxidation sites excluding steroid dienone is 2. The summed E-state index contributed by atoms with van der Waals surface area (Å²) in [6.45, 7) is 5.97. The minimum absolute atomic E-state index is 0.758. The summed E-state index contributed by atoms with van der Waals surface area (Å²) in [5.74, 6) is 1.58. The lowest BCUT2D eigenvalue weighted by Gasteiger charge is -2.27. The van der Waals surface area contributed by atoms with Crippen molar-refractivity contribution >= 4 is 0 Å². The summed E-state index contributed by atoms with van der Waals surface area (Å²) in [6, 6.07) is 9.14. The van der Waals surface area contributed by atoms with Gasteiger partial charge in [0.1, 0.15) is 0 Å². The standard InChI is InChI=1S/C20H30O/c1-3-5-15-21-16-18-9-13-20(14-10-18)19-11-7-17(6-4-2)8-12-19/h4,6,9-10,13-14,17,19H,3,5,7-8,11-12,15-16H2,1-2H3/b6-4-/t17-,19-. The summed E-state index contributed by atoms with van der Waals surface area (Å²) in [4.78, 5) is 0. The molecule has 1 aliphatic rings. The zero-order valence-electron chi connectivity index (χ0n) is 13.7. The SMILES string of the molecule is C/C=C\[C@H]1CC[C@H](c2ccc(COCCCC)cc2)CC1. The average molecular weight is 286 g/mol. The fourth-order valence-electron chi connectivity index (χ4n) is 3.24. The topological polar surface area (TPSA) is 9.23 Å². The molecule has 1 heteroatoms. The molecule has 1 fully saturated rings. The molecule has 0 radical (unpaired) electrons. The minimum atomic E-state index is 0.758. The van der Waals surface area contributed by atoms with Gasteiger partial charge in [-0.05, 0) is 62.0 Å². The number of hydrogen-bond acceptors (Lipinski definition) is 1. The van der Waals surface area contributed by atoms with Crippen molar-refractivity contribution in [3.05, 3.63) is 47.5 Å². The van der Waals surface area contributed by atoms with Gasteiger partial charge in [0.25, 0.3) is 0 Å². The van der Waals surface area contributed by atoms with Crippen molar-refractivity contribution in [3.63, 3.8) is 0 Å². The summed E-state index contributed by atoms with van der Waals surface area (Å²) < 4.78 is 5.68. The molecule has 1 nitrogen and oxygen atoms in total. The molecule has 0 aliphatic heterocycles. The summed E-state index contributed by atoms with van der Waals surface area (Å²) in [5.41, 5.74) is 2.82. The Kier molecular flexibility index (Phi) is 7.02. The second-order valence-corrected chi connectivity index (χ2v) is 6.29. The molecule has 0 heterocycles. The first-order valence-corrected chi connectivity index (χ1v) is 8.63. The van der Waals surface area contributed by atoms with Crippen LogP contribution >= 0.6 is 0 Å². The quantitative estimate of drug-likeness (QED) is 0.451. The van der Waals surface area contributed by atoms with Gasteiger partial charge in [-0.3, -0.25) is 0 Å². The Bertz CT molecular complexity index is 410. The van der Waals surface area contributed by atoms with Gasteiger partial charge in [0.2, 0.25) is 0 Å². The highest BCUT2D eigenvalue weighted by Crippen LogP contribution is 2.36. The van der Waals surface area contributed by atoms with Gasteiger partial charge in [-0.1, -0.05) is 49.8 Å². The van der Waals surface area contributed by atoms with Crippen molar-refractivity contribution in [1.29, 1.82) is 0 Å². The predicted molar refractivity (Wildman–Crippen MR) is 90.5 cm³/mol. The van der Waals surface area contributed by atoms with Crippen molar-refractivity contribution in [3.8, 4) is 0 Å². The van der Waals surface area contributed by atoms with Crippen LogP contribution in [0.3, 0.4) is 0 Å². The lowest BCUT2D eigenvalue weighted by molar-refractivity contribution is 0.118. The third kappa shape index (κ3) is 5.32. The minimum Gasteiger partial charge on any atom is -0.377 e. The molecule has 0 spiro atoms. The molecule has 1 aliphatic carbocycles. The molecule has 0 unspecified atom stereocenters. The molecule has 0 atom stereocenters.